The molecule has 92 valence electrons. The van der Waals surface area contributed by atoms with Crippen LogP contribution >= 0.6 is 22.6 Å². The Kier molecular flexibility index (Phi) is 4.39. The zero-order chi connectivity index (χ0) is 12.3. The predicted octanol–water partition coefficient (Wildman–Crippen LogP) is 1.67. The van der Waals surface area contributed by atoms with Crippen LogP contribution in [0, 0.1) is 9.49 Å². The molecule has 1 aliphatic rings. The molecule has 0 aromatic heterocycles. The van der Waals surface area contributed by atoms with Crippen molar-refractivity contribution in [2.24, 2.45) is 5.92 Å². The fourth-order valence-corrected chi connectivity index (χ4v) is 2.46. The van der Waals surface area contributed by atoms with E-state index in [1.807, 2.05) is 29.2 Å². The van der Waals surface area contributed by atoms with Gasteiger partial charge in [0.15, 0.2) is 0 Å². The average Bonchev–Trinajstić information content (AvgIpc) is 2.81. The molecule has 1 N–H and O–H groups in total. The van der Waals surface area contributed by atoms with E-state index in [1.165, 1.54) is 3.57 Å². The first-order chi connectivity index (χ1) is 8.19. The lowest BCUT2D eigenvalue weighted by molar-refractivity contribution is -0.129. The van der Waals surface area contributed by atoms with Crippen LogP contribution in [0.3, 0.4) is 0 Å². The molecule has 4 heteroatoms. The van der Waals surface area contributed by atoms with Gasteiger partial charge in [-0.05, 0) is 46.7 Å². The number of aliphatic hydroxyl groups is 1. The van der Waals surface area contributed by atoms with Gasteiger partial charge in [0.1, 0.15) is 0 Å². The van der Waals surface area contributed by atoms with E-state index in [4.69, 9.17) is 5.11 Å². The minimum Gasteiger partial charge on any atom is -0.396 e. The van der Waals surface area contributed by atoms with Crippen molar-refractivity contribution >= 4 is 28.5 Å². The van der Waals surface area contributed by atoms with Crippen LogP contribution in [0.2, 0.25) is 0 Å². The minimum absolute atomic E-state index is 0.169. The molecule has 3 nitrogen and oxygen atoms in total. The molecule has 0 radical (unpaired) electrons. The van der Waals surface area contributed by atoms with Crippen molar-refractivity contribution in [2.75, 3.05) is 19.7 Å². The number of nitrogens with zero attached hydrogens (tertiary/aromatic N) is 1. The lowest BCUT2D eigenvalue weighted by Crippen LogP contribution is -2.30. The first-order valence-electron chi connectivity index (χ1n) is 5.82. The van der Waals surface area contributed by atoms with Crippen LogP contribution in [0.15, 0.2) is 24.3 Å². The second-order valence-corrected chi connectivity index (χ2v) is 5.73. The van der Waals surface area contributed by atoms with Crippen molar-refractivity contribution in [3.8, 4) is 0 Å². The molecule has 0 saturated carbocycles. The Bertz CT molecular complexity index is 391. The predicted molar refractivity (Wildman–Crippen MR) is 74.6 cm³/mol. The Morgan fingerprint density at radius 3 is 2.71 bits per heavy atom. The summed E-state index contributed by atoms with van der Waals surface area (Å²) >= 11 is 2.25. The molecule has 1 fully saturated rings. The third-order valence-electron chi connectivity index (χ3n) is 3.17. The Morgan fingerprint density at radius 2 is 2.12 bits per heavy atom. The number of benzene rings is 1. The number of hydrogen-bond acceptors (Lipinski definition) is 2. The fourth-order valence-electron chi connectivity index (χ4n) is 2.10. The van der Waals surface area contributed by atoms with E-state index in [1.54, 1.807) is 0 Å². The maximum Gasteiger partial charge on any atom is 0.227 e. The number of carbonyl (C=O) groups is 1. The Hall–Kier alpha value is -0.620. The van der Waals surface area contributed by atoms with E-state index in [2.05, 4.69) is 22.6 Å². The summed E-state index contributed by atoms with van der Waals surface area (Å²) in [6.45, 7) is 1.68. The number of hydrogen-bond donors (Lipinski definition) is 1. The van der Waals surface area contributed by atoms with E-state index < -0.39 is 0 Å². The molecule has 0 unspecified atom stereocenters. The highest BCUT2D eigenvalue weighted by atomic mass is 127. The number of halogens is 1. The summed E-state index contributed by atoms with van der Waals surface area (Å²) < 4.78 is 1.18. The van der Waals surface area contributed by atoms with Crippen LogP contribution in [0.1, 0.15) is 12.0 Å². The van der Waals surface area contributed by atoms with Crippen LogP contribution in [-0.4, -0.2) is 35.6 Å². The number of carbonyl (C=O) groups excluding carboxylic acids is 1. The molecule has 0 aliphatic carbocycles. The standard InChI is InChI=1S/C13H16INO2/c14-12-3-1-10(2-4-12)7-13(17)15-6-5-11(8-15)9-16/h1-4,11,16H,5-9H2/t11-/m0/s1. The van der Waals surface area contributed by atoms with Crippen LogP contribution < -0.4 is 0 Å². The molecule has 17 heavy (non-hydrogen) atoms. The fraction of sp³-hybridized carbons (Fsp3) is 0.462. The van der Waals surface area contributed by atoms with Crippen molar-refractivity contribution < 1.29 is 9.90 Å². The summed E-state index contributed by atoms with van der Waals surface area (Å²) in [6.07, 6.45) is 1.39. The molecule has 1 aromatic carbocycles. The average molecular weight is 345 g/mol. The molecule has 1 saturated heterocycles. The van der Waals surface area contributed by atoms with Crippen LogP contribution in [0.5, 0.6) is 0 Å². The van der Waals surface area contributed by atoms with Gasteiger partial charge in [-0.1, -0.05) is 12.1 Å². The number of aliphatic hydroxyl groups excluding tert-OH is 1. The van der Waals surface area contributed by atoms with Gasteiger partial charge < -0.3 is 10.0 Å². The molecule has 1 atom stereocenters. The lowest BCUT2D eigenvalue weighted by Gasteiger charge is -2.16. The molecule has 0 spiro atoms. The molecule has 1 aromatic rings. The second-order valence-electron chi connectivity index (χ2n) is 4.48. The van der Waals surface area contributed by atoms with Gasteiger partial charge in [-0.2, -0.15) is 0 Å². The summed E-state index contributed by atoms with van der Waals surface area (Å²) in [6, 6.07) is 8.03. The lowest BCUT2D eigenvalue weighted by atomic mass is 10.1. The van der Waals surface area contributed by atoms with E-state index in [0.29, 0.717) is 13.0 Å². The molecular formula is C13H16INO2. The van der Waals surface area contributed by atoms with Gasteiger partial charge in [-0.3, -0.25) is 4.79 Å². The molecule has 1 amide bonds. The van der Waals surface area contributed by atoms with Crippen molar-refractivity contribution in [2.45, 2.75) is 12.8 Å². The van der Waals surface area contributed by atoms with Gasteiger partial charge in [-0.25, -0.2) is 0 Å². The highest BCUT2D eigenvalue weighted by Gasteiger charge is 2.25. The zero-order valence-electron chi connectivity index (χ0n) is 9.60. The minimum atomic E-state index is 0.169. The van der Waals surface area contributed by atoms with Gasteiger partial charge in [0.2, 0.25) is 5.91 Å². The summed E-state index contributed by atoms with van der Waals surface area (Å²) in [5.41, 5.74) is 1.06. The van der Waals surface area contributed by atoms with E-state index in [0.717, 1.165) is 18.5 Å². The van der Waals surface area contributed by atoms with Crippen molar-refractivity contribution in [3.05, 3.63) is 33.4 Å². The van der Waals surface area contributed by atoms with E-state index in [9.17, 15) is 4.79 Å². The van der Waals surface area contributed by atoms with Gasteiger partial charge >= 0.3 is 0 Å². The molecule has 1 heterocycles. The zero-order valence-corrected chi connectivity index (χ0v) is 11.8. The van der Waals surface area contributed by atoms with Gasteiger partial charge in [0, 0.05) is 29.2 Å². The molecule has 1 aliphatic heterocycles. The Labute approximate surface area is 115 Å². The van der Waals surface area contributed by atoms with Crippen LogP contribution in [0.4, 0.5) is 0 Å². The maximum atomic E-state index is 12.0. The van der Waals surface area contributed by atoms with Crippen LogP contribution in [0.25, 0.3) is 0 Å². The van der Waals surface area contributed by atoms with Crippen LogP contribution in [-0.2, 0) is 11.2 Å². The van der Waals surface area contributed by atoms with Crippen molar-refractivity contribution in [1.82, 2.24) is 4.90 Å². The first-order valence-corrected chi connectivity index (χ1v) is 6.90. The third-order valence-corrected chi connectivity index (χ3v) is 3.88. The van der Waals surface area contributed by atoms with Gasteiger partial charge in [0.25, 0.3) is 0 Å². The largest absolute Gasteiger partial charge is 0.396 e. The summed E-state index contributed by atoms with van der Waals surface area (Å²) in [5.74, 6) is 0.442. The topological polar surface area (TPSA) is 40.5 Å². The highest BCUT2D eigenvalue weighted by molar-refractivity contribution is 14.1. The first kappa shape index (κ1) is 12.8. The Morgan fingerprint density at radius 1 is 1.41 bits per heavy atom. The quantitative estimate of drug-likeness (QED) is 0.847. The second kappa shape index (κ2) is 5.82. The van der Waals surface area contributed by atoms with E-state index in [-0.39, 0.29) is 18.4 Å². The van der Waals surface area contributed by atoms with Gasteiger partial charge in [-0.15, -0.1) is 0 Å². The molecular weight excluding hydrogens is 329 g/mol. The molecule has 0 bridgehead atoms. The summed E-state index contributed by atoms with van der Waals surface area (Å²) in [7, 11) is 0. The van der Waals surface area contributed by atoms with E-state index >= 15 is 0 Å². The number of likely N-dealkylation sites (tertiary alicyclic amines) is 1. The SMILES string of the molecule is O=C(Cc1ccc(I)cc1)N1CC[C@H](CO)C1. The number of amides is 1. The monoisotopic (exact) mass is 345 g/mol. The summed E-state index contributed by atoms with van der Waals surface area (Å²) in [4.78, 5) is 13.9. The van der Waals surface area contributed by atoms with Crippen molar-refractivity contribution in [3.63, 3.8) is 0 Å². The maximum absolute atomic E-state index is 12.0. The van der Waals surface area contributed by atoms with Gasteiger partial charge in [0.05, 0.1) is 6.42 Å². The van der Waals surface area contributed by atoms with Crippen molar-refractivity contribution in [1.29, 1.82) is 0 Å². The normalized spacial score (nSPS) is 19.6. The number of rotatable bonds is 3. The highest BCUT2D eigenvalue weighted by Crippen LogP contribution is 2.17. The smallest absolute Gasteiger partial charge is 0.227 e. The summed E-state index contributed by atoms with van der Waals surface area (Å²) in [5, 5.41) is 9.05. The molecule has 2 rings (SSSR count). The third kappa shape index (κ3) is 3.42. The Balaban J connectivity index is 1.91.